The first kappa shape index (κ1) is 17.1. The van der Waals surface area contributed by atoms with Crippen LogP contribution in [0.4, 0.5) is 5.82 Å². The van der Waals surface area contributed by atoms with Gasteiger partial charge in [0.2, 0.25) is 0 Å². The first-order valence-corrected chi connectivity index (χ1v) is 10.1. The Kier molecular flexibility index (Phi) is 5.15. The van der Waals surface area contributed by atoms with Crippen molar-refractivity contribution in [1.82, 2.24) is 19.3 Å². The van der Waals surface area contributed by atoms with Crippen molar-refractivity contribution >= 4 is 28.8 Å². The van der Waals surface area contributed by atoms with Crippen LogP contribution < -0.4 is 4.90 Å². The molecule has 2 aromatic heterocycles. The molecule has 1 saturated heterocycles. The summed E-state index contributed by atoms with van der Waals surface area (Å²) in [6.45, 7) is 1.82. The summed E-state index contributed by atoms with van der Waals surface area (Å²) in [5.41, 5.74) is 0.916. The second-order valence-electron chi connectivity index (χ2n) is 7.25. The van der Waals surface area contributed by atoms with Crippen LogP contribution in [0.2, 0.25) is 0 Å². The second kappa shape index (κ2) is 7.51. The molecule has 1 aliphatic heterocycles. The molecule has 1 aliphatic carbocycles. The van der Waals surface area contributed by atoms with Gasteiger partial charge in [0.15, 0.2) is 0 Å². The molecule has 1 unspecified atom stereocenters. The fourth-order valence-corrected chi connectivity index (χ4v) is 4.90. The molecular weight excluding hydrogens is 334 g/mol. The number of nitrogens with zero attached hydrogens (tertiary/aromatic N) is 4. The quantitative estimate of drug-likeness (QED) is 0.799. The molecule has 2 aliphatic rings. The number of likely N-dealkylation sites (N-methyl/N-ethyl adjacent to an activating group) is 1. The Morgan fingerprint density at radius 3 is 2.96 bits per heavy atom. The number of aromatic amines is 1. The maximum Gasteiger partial charge on any atom is 0.142 e. The van der Waals surface area contributed by atoms with Crippen molar-refractivity contribution in [2.24, 2.45) is 5.92 Å². The molecule has 1 saturated carbocycles. The van der Waals surface area contributed by atoms with Gasteiger partial charge in [-0.05, 0) is 44.7 Å². The molecule has 2 aromatic rings. The number of H-pyrrole nitrogens is 1. The topological polar surface area (TPSA) is 57.3 Å². The van der Waals surface area contributed by atoms with Crippen molar-refractivity contribution in [3.8, 4) is 0 Å². The number of anilines is 1. The Balaban J connectivity index is 1.26. The van der Waals surface area contributed by atoms with Crippen LogP contribution in [0.15, 0.2) is 18.6 Å². The van der Waals surface area contributed by atoms with Crippen molar-refractivity contribution in [2.75, 3.05) is 38.0 Å². The zero-order chi connectivity index (χ0) is 17.2. The van der Waals surface area contributed by atoms with E-state index in [1.54, 1.807) is 6.33 Å². The number of rotatable bonds is 6. The van der Waals surface area contributed by atoms with E-state index in [1.807, 2.05) is 18.1 Å². The highest BCUT2D eigenvalue weighted by molar-refractivity contribution is 7.97. The predicted molar refractivity (Wildman–Crippen MR) is 103 cm³/mol. The molecule has 0 aromatic carbocycles. The fraction of sp³-hybridized carbons (Fsp3) is 0.667. The minimum absolute atomic E-state index is 0.584. The van der Waals surface area contributed by atoms with E-state index in [4.69, 9.17) is 4.74 Å². The first-order chi connectivity index (χ1) is 12.2. The average molecular weight is 362 g/mol. The standard InChI is InChI=1S/C18H27N5OS/c1-22(18-16-5-6-19-17(16)20-12-21-18)15-8-13(9-15)11-25-23(2)14-4-3-7-24-10-14/h5-6,12-15H,3-4,7-11H2,1-2H3,(H,19,20,21). The lowest BCUT2D eigenvalue weighted by Gasteiger charge is -2.42. The molecule has 0 radical (unpaired) electrons. The third-order valence-corrected chi connectivity index (χ3v) is 6.92. The number of hydrogen-bond acceptors (Lipinski definition) is 6. The number of ether oxygens (including phenoxy) is 1. The second-order valence-corrected chi connectivity index (χ2v) is 8.42. The largest absolute Gasteiger partial charge is 0.380 e. The molecule has 4 rings (SSSR count). The summed E-state index contributed by atoms with van der Waals surface area (Å²) in [4.78, 5) is 14.3. The SMILES string of the molecule is CN(SCC1CC(N(C)c2ncnc3[nH]ccc23)C1)C1CCCOC1. The number of fused-ring (bicyclic) bond motifs is 1. The number of nitrogens with one attached hydrogen (secondary N) is 1. The van der Waals surface area contributed by atoms with Crippen LogP contribution in [0, 0.1) is 5.92 Å². The normalized spacial score (nSPS) is 26.8. The monoisotopic (exact) mass is 361 g/mol. The summed E-state index contributed by atoms with van der Waals surface area (Å²) in [5.74, 6) is 3.05. The van der Waals surface area contributed by atoms with Crippen molar-refractivity contribution in [3.63, 3.8) is 0 Å². The predicted octanol–water partition coefficient (Wildman–Crippen LogP) is 2.93. The van der Waals surface area contributed by atoms with Crippen molar-refractivity contribution in [3.05, 3.63) is 18.6 Å². The van der Waals surface area contributed by atoms with Gasteiger partial charge in [0, 0.05) is 37.7 Å². The van der Waals surface area contributed by atoms with Gasteiger partial charge in [0.05, 0.1) is 12.0 Å². The van der Waals surface area contributed by atoms with Gasteiger partial charge in [-0.2, -0.15) is 0 Å². The molecule has 7 heteroatoms. The maximum absolute atomic E-state index is 5.60. The van der Waals surface area contributed by atoms with Gasteiger partial charge in [-0.25, -0.2) is 14.3 Å². The van der Waals surface area contributed by atoms with Crippen LogP contribution in [0.5, 0.6) is 0 Å². The molecule has 0 bridgehead atoms. The summed E-state index contributed by atoms with van der Waals surface area (Å²) in [6, 6.07) is 3.23. The summed E-state index contributed by atoms with van der Waals surface area (Å²) in [6.07, 6.45) is 8.53. The highest BCUT2D eigenvalue weighted by atomic mass is 32.2. The molecule has 25 heavy (non-hydrogen) atoms. The van der Waals surface area contributed by atoms with Gasteiger partial charge in [0.25, 0.3) is 0 Å². The van der Waals surface area contributed by atoms with Crippen LogP contribution in [-0.4, -0.2) is 64.4 Å². The maximum atomic E-state index is 5.60. The van der Waals surface area contributed by atoms with Crippen molar-refractivity contribution in [1.29, 1.82) is 0 Å². The zero-order valence-corrected chi connectivity index (χ0v) is 15.8. The zero-order valence-electron chi connectivity index (χ0n) is 15.0. The van der Waals surface area contributed by atoms with E-state index in [0.29, 0.717) is 12.1 Å². The van der Waals surface area contributed by atoms with Crippen molar-refractivity contribution in [2.45, 2.75) is 37.8 Å². The molecule has 0 spiro atoms. The van der Waals surface area contributed by atoms with Gasteiger partial charge in [-0.15, -0.1) is 0 Å². The third kappa shape index (κ3) is 3.64. The lowest BCUT2D eigenvalue weighted by atomic mass is 9.81. The molecular formula is C18H27N5OS. The minimum atomic E-state index is 0.584. The van der Waals surface area contributed by atoms with Crippen LogP contribution >= 0.6 is 11.9 Å². The van der Waals surface area contributed by atoms with E-state index in [2.05, 4.69) is 44.3 Å². The lowest BCUT2D eigenvalue weighted by molar-refractivity contribution is 0.0537. The summed E-state index contributed by atoms with van der Waals surface area (Å²) < 4.78 is 8.02. The van der Waals surface area contributed by atoms with Crippen LogP contribution in [0.1, 0.15) is 25.7 Å². The van der Waals surface area contributed by atoms with Gasteiger partial charge < -0.3 is 14.6 Å². The molecule has 0 amide bonds. The highest BCUT2D eigenvalue weighted by Crippen LogP contribution is 2.37. The van der Waals surface area contributed by atoms with E-state index < -0.39 is 0 Å². The van der Waals surface area contributed by atoms with Crippen LogP contribution in [0.3, 0.4) is 0 Å². The highest BCUT2D eigenvalue weighted by Gasteiger charge is 2.34. The summed E-state index contributed by atoms with van der Waals surface area (Å²) in [7, 11) is 4.38. The van der Waals surface area contributed by atoms with Crippen LogP contribution in [0.25, 0.3) is 11.0 Å². The molecule has 6 nitrogen and oxygen atoms in total. The van der Waals surface area contributed by atoms with Gasteiger partial charge in [-0.1, -0.05) is 11.9 Å². The Bertz CT molecular complexity index is 696. The molecule has 1 atom stereocenters. The molecule has 136 valence electrons. The third-order valence-electron chi connectivity index (χ3n) is 5.59. The van der Waals surface area contributed by atoms with Crippen LogP contribution in [-0.2, 0) is 4.74 Å². The fourth-order valence-electron chi connectivity index (χ4n) is 3.80. The van der Waals surface area contributed by atoms with Crippen molar-refractivity contribution < 1.29 is 4.74 Å². The Labute approximate surface area is 153 Å². The average Bonchev–Trinajstić information content (AvgIpc) is 3.09. The van der Waals surface area contributed by atoms with E-state index in [1.165, 1.54) is 31.4 Å². The van der Waals surface area contributed by atoms with E-state index in [-0.39, 0.29) is 0 Å². The molecule has 3 heterocycles. The first-order valence-electron chi connectivity index (χ1n) is 9.17. The summed E-state index contributed by atoms with van der Waals surface area (Å²) in [5, 5.41) is 1.11. The minimum Gasteiger partial charge on any atom is -0.380 e. The molecule has 2 fully saturated rings. The smallest absolute Gasteiger partial charge is 0.142 e. The number of aromatic nitrogens is 3. The lowest BCUT2D eigenvalue weighted by Crippen LogP contribution is -2.44. The van der Waals surface area contributed by atoms with Gasteiger partial charge in [-0.3, -0.25) is 0 Å². The molecule has 1 N–H and O–H groups in total. The Hall–Kier alpha value is -1.31. The van der Waals surface area contributed by atoms with E-state index in [0.717, 1.165) is 36.0 Å². The van der Waals surface area contributed by atoms with Gasteiger partial charge >= 0.3 is 0 Å². The Morgan fingerprint density at radius 1 is 1.28 bits per heavy atom. The summed E-state index contributed by atoms with van der Waals surface area (Å²) >= 11 is 1.98. The number of hydrogen-bond donors (Lipinski definition) is 1. The van der Waals surface area contributed by atoms with E-state index in [9.17, 15) is 0 Å². The van der Waals surface area contributed by atoms with E-state index >= 15 is 0 Å². The van der Waals surface area contributed by atoms with Gasteiger partial charge in [0.1, 0.15) is 17.8 Å². The Morgan fingerprint density at radius 2 is 2.16 bits per heavy atom.